The van der Waals surface area contributed by atoms with E-state index in [0.717, 1.165) is 22.4 Å². The van der Waals surface area contributed by atoms with E-state index in [-0.39, 0.29) is 17.3 Å². The topological polar surface area (TPSA) is 38.8 Å². The van der Waals surface area contributed by atoms with Gasteiger partial charge in [0.05, 0.1) is 0 Å². The molecule has 10 heteroatoms. The molecular formula is C37H29F6NO3. The van der Waals surface area contributed by atoms with Crippen molar-refractivity contribution in [3.63, 3.8) is 0 Å². The van der Waals surface area contributed by atoms with Gasteiger partial charge < -0.3 is 14.4 Å². The van der Waals surface area contributed by atoms with Crippen molar-refractivity contribution >= 4 is 23.6 Å². The van der Waals surface area contributed by atoms with Crippen molar-refractivity contribution in [3.8, 4) is 11.5 Å². The van der Waals surface area contributed by atoms with E-state index in [1.54, 1.807) is 48.6 Å². The highest BCUT2D eigenvalue weighted by Gasteiger charge is 2.31. The lowest BCUT2D eigenvalue weighted by Gasteiger charge is -2.32. The van der Waals surface area contributed by atoms with E-state index in [2.05, 4.69) is 9.47 Å². The molecule has 0 fully saturated rings. The number of hydrogen-bond donors (Lipinski definition) is 0. The van der Waals surface area contributed by atoms with Crippen molar-refractivity contribution in [2.24, 2.45) is 0 Å². The van der Waals surface area contributed by atoms with E-state index in [1.165, 1.54) is 36.4 Å². The summed E-state index contributed by atoms with van der Waals surface area (Å²) in [6, 6.07) is 22.5. The van der Waals surface area contributed by atoms with Gasteiger partial charge in [0.1, 0.15) is 11.5 Å². The molecular weight excluding hydrogens is 620 g/mol. The van der Waals surface area contributed by atoms with Gasteiger partial charge in [-0.2, -0.15) is 26.3 Å². The minimum absolute atomic E-state index is 0.162. The molecule has 0 N–H and O–H groups in total. The van der Waals surface area contributed by atoms with Crippen molar-refractivity contribution in [1.82, 2.24) is 0 Å². The van der Waals surface area contributed by atoms with Gasteiger partial charge in [0.2, 0.25) is 0 Å². The fourth-order valence-electron chi connectivity index (χ4n) is 4.72. The molecule has 0 bridgehead atoms. The van der Waals surface area contributed by atoms with Gasteiger partial charge in [0.25, 0.3) is 0 Å². The summed E-state index contributed by atoms with van der Waals surface area (Å²) in [5, 5.41) is 0. The van der Waals surface area contributed by atoms with Gasteiger partial charge in [0, 0.05) is 25.2 Å². The van der Waals surface area contributed by atoms with Crippen LogP contribution in [-0.4, -0.2) is 19.9 Å². The predicted octanol–water partition coefficient (Wildman–Crippen LogP) is 10.2. The van der Waals surface area contributed by atoms with Crippen molar-refractivity contribution in [2.45, 2.75) is 12.3 Å². The molecule has 0 heterocycles. The highest BCUT2D eigenvalue weighted by molar-refractivity contribution is 6.04. The number of benzene rings is 4. The molecule has 0 saturated carbocycles. The van der Waals surface area contributed by atoms with Crippen LogP contribution < -0.4 is 14.4 Å². The van der Waals surface area contributed by atoms with Gasteiger partial charge in [-0.3, -0.25) is 4.79 Å². The number of carbonyl (C=O) groups is 1. The van der Waals surface area contributed by atoms with Crippen LogP contribution in [0, 0.1) is 0 Å². The van der Waals surface area contributed by atoms with Crippen LogP contribution in [0.2, 0.25) is 0 Å². The first-order chi connectivity index (χ1) is 22.4. The van der Waals surface area contributed by atoms with Gasteiger partial charge in [-0.05, 0) is 83.3 Å². The number of halogens is 6. The van der Waals surface area contributed by atoms with E-state index in [0.29, 0.717) is 11.1 Å². The van der Waals surface area contributed by atoms with Crippen LogP contribution in [0.1, 0.15) is 34.7 Å². The summed E-state index contributed by atoms with van der Waals surface area (Å²) in [4.78, 5) is 14.5. The zero-order valence-electron chi connectivity index (χ0n) is 25.5. The second-order valence-electron chi connectivity index (χ2n) is 10.6. The Morgan fingerprint density at radius 2 is 0.915 bits per heavy atom. The van der Waals surface area contributed by atoms with E-state index < -0.39 is 29.6 Å². The van der Waals surface area contributed by atoms with Crippen molar-refractivity contribution in [1.29, 1.82) is 0 Å². The molecule has 0 spiro atoms. The van der Waals surface area contributed by atoms with Gasteiger partial charge in [0.15, 0.2) is 5.78 Å². The number of allylic oxidation sites excluding steroid dienone is 2. The second kappa shape index (κ2) is 15.2. The molecule has 0 atom stereocenters. The van der Waals surface area contributed by atoms with E-state index >= 15 is 0 Å². The molecule has 4 nitrogen and oxygen atoms in total. The Morgan fingerprint density at radius 1 is 0.574 bits per heavy atom. The average Bonchev–Trinajstić information content (AvgIpc) is 3.07. The maximum atomic E-state index is 13.3. The largest absolute Gasteiger partial charge is 0.428 e. The van der Waals surface area contributed by atoms with Crippen LogP contribution >= 0.6 is 0 Å². The Hall–Kier alpha value is -5.51. The lowest BCUT2D eigenvalue weighted by molar-refractivity contribution is -0.110. The Bertz CT molecular complexity index is 1730. The third kappa shape index (κ3) is 8.82. The maximum absolute atomic E-state index is 13.3. The Kier molecular flexibility index (Phi) is 11.1. The molecule has 4 aromatic carbocycles. The first-order valence-electron chi connectivity index (χ1n) is 14.1. The normalized spacial score (nSPS) is 11.4. The van der Waals surface area contributed by atoms with Crippen molar-refractivity contribution in [2.75, 3.05) is 19.0 Å². The molecule has 242 valence electrons. The molecule has 0 unspecified atom stereocenters. The molecule has 0 saturated heterocycles. The smallest absolute Gasteiger partial charge is 0.344 e. The SMILES string of the molecule is CN(C)c1ccc(/C=C/C(=O)/C=C/c2ccc(C(C)(c3ccc(OC(F)=C(F)F)cc3)c3ccc(OC(F)=C(F)F)cc3)cc2)cc1. The van der Waals surface area contributed by atoms with Gasteiger partial charge in [-0.15, -0.1) is 0 Å². The quantitative estimate of drug-likeness (QED) is 0.0663. The summed E-state index contributed by atoms with van der Waals surface area (Å²) in [6.07, 6.45) is 1.12. The van der Waals surface area contributed by atoms with Crippen LogP contribution in [0.3, 0.4) is 0 Å². The van der Waals surface area contributed by atoms with Crippen LogP contribution in [0.25, 0.3) is 12.2 Å². The number of ether oxygens (including phenoxy) is 2. The summed E-state index contributed by atoms with van der Waals surface area (Å²) >= 11 is 0. The minimum Gasteiger partial charge on any atom is -0.428 e. The first kappa shape index (κ1) is 34.4. The summed E-state index contributed by atoms with van der Waals surface area (Å²) in [5.41, 5.74) is 3.71. The lowest BCUT2D eigenvalue weighted by Crippen LogP contribution is -2.25. The molecule has 0 aliphatic rings. The van der Waals surface area contributed by atoms with Gasteiger partial charge >= 0.3 is 24.2 Å². The number of rotatable bonds is 12. The van der Waals surface area contributed by atoms with Crippen LogP contribution in [0.15, 0.2) is 133 Å². The summed E-state index contributed by atoms with van der Waals surface area (Å²) in [6.45, 7) is 1.85. The summed E-state index contributed by atoms with van der Waals surface area (Å²) in [5.74, 6) is -0.533. The number of carbonyl (C=O) groups excluding carboxylic acids is 1. The number of nitrogens with zero attached hydrogens (tertiary/aromatic N) is 1. The zero-order chi connectivity index (χ0) is 34.1. The van der Waals surface area contributed by atoms with Crippen LogP contribution in [0.5, 0.6) is 11.5 Å². The molecule has 47 heavy (non-hydrogen) atoms. The van der Waals surface area contributed by atoms with Crippen LogP contribution in [-0.2, 0) is 10.2 Å². The third-order valence-electron chi connectivity index (χ3n) is 7.35. The van der Waals surface area contributed by atoms with E-state index in [1.807, 2.05) is 62.3 Å². The van der Waals surface area contributed by atoms with Gasteiger partial charge in [-0.1, -0.05) is 72.8 Å². The monoisotopic (exact) mass is 649 g/mol. The highest BCUT2D eigenvalue weighted by Crippen LogP contribution is 2.40. The number of ketones is 1. The summed E-state index contributed by atoms with van der Waals surface area (Å²) < 4.78 is 85.9. The first-order valence-corrected chi connectivity index (χ1v) is 14.1. The van der Waals surface area contributed by atoms with Crippen molar-refractivity contribution in [3.05, 3.63) is 161 Å². The highest BCUT2D eigenvalue weighted by atomic mass is 19.3. The molecule has 0 aliphatic heterocycles. The fourth-order valence-corrected chi connectivity index (χ4v) is 4.72. The van der Waals surface area contributed by atoms with E-state index in [4.69, 9.17) is 0 Å². The molecule has 0 radical (unpaired) electrons. The Morgan fingerprint density at radius 3 is 1.26 bits per heavy atom. The molecule has 0 aromatic heterocycles. The standard InChI is InChI=1S/C37H29F6NO3/c1-37(27-12-20-31(21-13-27)46-35(42)33(38)39,28-14-22-32(23-15-28)47-36(43)34(40)41)26-10-4-24(5-11-26)8-18-30(45)19-9-25-6-16-29(17-7-25)44(2)3/h4-23H,1-3H3/b18-8+,19-9+. The number of hydrogen-bond acceptors (Lipinski definition) is 4. The Labute approximate surface area is 268 Å². The van der Waals surface area contributed by atoms with Gasteiger partial charge in [-0.25, -0.2) is 0 Å². The fraction of sp³-hybridized carbons (Fsp3) is 0.108. The maximum Gasteiger partial charge on any atom is 0.344 e. The average molecular weight is 650 g/mol. The molecule has 0 amide bonds. The molecule has 4 aromatic rings. The van der Waals surface area contributed by atoms with Crippen LogP contribution in [0.4, 0.5) is 32.0 Å². The minimum atomic E-state index is -2.60. The lowest BCUT2D eigenvalue weighted by atomic mass is 9.71. The number of anilines is 1. The molecule has 0 aliphatic carbocycles. The Balaban J connectivity index is 1.60. The summed E-state index contributed by atoms with van der Waals surface area (Å²) in [7, 11) is 3.89. The van der Waals surface area contributed by atoms with Crippen molar-refractivity contribution < 1.29 is 40.6 Å². The third-order valence-corrected chi connectivity index (χ3v) is 7.35. The zero-order valence-corrected chi connectivity index (χ0v) is 25.5. The van der Waals surface area contributed by atoms with E-state index in [9.17, 15) is 31.1 Å². The second-order valence-corrected chi connectivity index (χ2v) is 10.6. The molecule has 4 rings (SSSR count). The predicted molar refractivity (Wildman–Crippen MR) is 171 cm³/mol.